The van der Waals surface area contributed by atoms with Gasteiger partial charge in [0, 0.05) is 0 Å². The average Bonchev–Trinajstić information content (AvgIpc) is 2.25. The molecule has 0 heterocycles. The van der Waals surface area contributed by atoms with Gasteiger partial charge < -0.3 is 5.11 Å². The van der Waals surface area contributed by atoms with Crippen molar-refractivity contribution < 1.29 is 9.90 Å². The molecule has 1 atom stereocenters. The summed E-state index contributed by atoms with van der Waals surface area (Å²) >= 11 is 0. The van der Waals surface area contributed by atoms with Crippen LogP contribution < -0.4 is 0 Å². The van der Waals surface area contributed by atoms with Crippen LogP contribution >= 0.6 is 0 Å². The van der Waals surface area contributed by atoms with E-state index in [1.54, 1.807) is 0 Å². The van der Waals surface area contributed by atoms with Crippen LogP contribution in [0.15, 0.2) is 24.3 Å². The van der Waals surface area contributed by atoms with E-state index in [9.17, 15) is 4.79 Å². The Morgan fingerprint density at radius 1 is 1.38 bits per heavy atom. The second-order valence-corrected chi connectivity index (χ2v) is 4.55. The quantitative estimate of drug-likeness (QED) is 0.825. The van der Waals surface area contributed by atoms with Crippen LogP contribution in [0.5, 0.6) is 0 Å². The Bertz CT molecular complexity index is 356. The van der Waals surface area contributed by atoms with Gasteiger partial charge in [0.1, 0.15) is 0 Å². The Morgan fingerprint density at radius 2 is 2.06 bits per heavy atom. The zero-order valence-corrected chi connectivity index (χ0v) is 10.2. The van der Waals surface area contributed by atoms with Crippen LogP contribution in [0.4, 0.5) is 0 Å². The van der Waals surface area contributed by atoms with Crippen molar-refractivity contribution in [2.45, 2.75) is 39.5 Å². The van der Waals surface area contributed by atoms with Crippen molar-refractivity contribution in [2.75, 3.05) is 0 Å². The molecule has 1 unspecified atom stereocenters. The van der Waals surface area contributed by atoms with Crippen molar-refractivity contribution in [3.05, 3.63) is 35.4 Å². The third-order valence-electron chi connectivity index (χ3n) is 2.94. The zero-order chi connectivity index (χ0) is 12.1. The Hall–Kier alpha value is -1.31. The van der Waals surface area contributed by atoms with Crippen LogP contribution in [0, 0.1) is 5.92 Å². The fourth-order valence-electron chi connectivity index (χ4n) is 1.77. The van der Waals surface area contributed by atoms with Gasteiger partial charge in [-0.3, -0.25) is 4.79 Å². The van der Waals surface area contributed by atoms with E-state index in [4.69, 9.17) is 5.11 Å². The van der Waals surface area contributed by atoms with Gasteiger partial charge in [0.15, 0.2) is 0 Å². The van der Waals surface area contributed by atoms with E-state index in [2.05, 4.69) is 26.0 Å². The normalized spacial score (nSPS) is 12.8. The average molecular weight is 220 g/mol. The molecule has 1 aromatic rings. The first-order valence-corrected chi connectivity index (χ1v) is 5.86. The lowest BCUT2D eigenvalue weighted by Gasteiger charge is -2.12. The first kappa shape index (κ1) is 12.8. The highest BCUT2D eigenvalue weighted by atomic mass is 16.4. The van der Waals surface area contributed by atoms with Crippen LogP contribution in [0.25, 0.3) is 0 Å². The van der Waals surface area contributed by atoms with Gasteiger partial charge in [-0.05, 0) is 29.9 Å². The van der Waals surface area contributed by atoms with Gasteiger partial charge in [-0.15, -0.1) is 0 Å². The molecule has 1 aromatic carbocycles. The molecule has 0 bridgehead atoms. The van der Waals surface area contributed by atoms with Crippen molar-refractivity contribution in [1.82, 2.24) is 0 Å². The minimum absolute atomic E-state index is 0.262. The molecule has 0 aromatic heterocycles. The van der Waals surface area contributed by atoms with Gasteiger partial charge in [0.05, 0.1) is 5.92 Å². The monoisotopic (exact) mass is 220 g/mol. The molecular weight excluding hydrogens is 200 g/mol. The lowest BCUT2D eigenvalue weighted by atomic mass is 9.94. The summed E-state index contributed by atoms with van der Waals surface area (Å²) in [6.45, 7) is 6.21. The molecule has 0 radical (unpaired) electrons. The molecule has 0 saturated carbocycles. The highest BCUT2D eigenvalue weighted by Gasteiger charge is 2.15. The van der Waals surface area contributed by atoms with Crippen molar-refractivity contribution in [3.8, 4) is 0 Å². The zero-order valence-electron chi connectivity index (χ0n) is 10.2. The standard InChI is InChI=1S/C14H20O2/c1-4-12(14(15)16)8-11-6-5-7-13(9-11)10(2)3/h5-7,9-10,12H,4,8H2,1-3H3,(H,15,16). The molecule has 0 aliphatic heterocycles. The molecule has 0 fully saturated rings. The lowest BCUT2D eigenvalue weighted by Crippen LogP contribution is -2.15. The molecule has 0 spiro atoms. The molecule has 0 aliphatic carbocycles. The number of hydrogen-bond acceptors (Lipinski definition) is 1. The summed E-state index contributed by atoms with van der Waals surface area (Å²) in [4.78, 5) is 11.0. The minimum Gasteiger partial charge on any atom is -0.481 e. The van der Waals surface area contributed by atoms with Crippen LogP contribution in [0.1, 0.15) is 44.2 Å². The number of rotatable bonds is 5. The number of carboxylic acid groups (broad SMARTS) is 1. The largest absolute Gasteiger partial charge is 0.481 e. The molecule has 0 aliphatic rings. The number of hydrogen-bond donors (Lipinski definition) is 1. The summed E-state index contributed by atoms with van der Waals surface area (Å²) in [5.74, 6) is -0.468. The molecule has 0 saturated heterocycles. The molecule has 0 amide bonds. The van der Waals surface area contributed by atoms with E-state index in [1.807, 2.05) is 19.1 Å². The van der Waals surface area contributed by atoms with Gasteiger partial charge in [0.25, 0.3) is 0 Å². The molecule has 2 heteroatoms. The van der Waals surface area contributed by atoms with Gasteiger partial charge in [-0.1, -0.05) is 45.0 Å². The summed E-state index contributed by atoms with van der Waals surface area (Å²) in [6, 6.07) is 8.24. The molecule has 16 heavy (non-hydrogen) atoms. The minimum atomic E-state index is -0.697. The van der Waals surface area contributed by atoms with Crippen molar-refractivity contribution in [1.29, 1.82) is 0 Å². The molecule has 2 nitrogen and oxygen atoms in total. The van der Waals surface area contributed by atoms with Gasteiger partial charge in [-0.2, -0.15) is 0 Å². The first-order valence-electron chi connectivity index (χ1n) is 5.86. The number of carbonyl (C=O) groups is 1. The predicted molar refractivity (Wildman–Crippen MR) is 65.7 cm³/mol. The van der Waals surface area contributed by atoms with Crippen molar-refractivity contribution >= 4 is 5.97 Å². The third kappa shape index (κ3) is 3.37. The Labute approximate surface area is 97.3 Å². The van der Waals surface area contributed by atoms with Crippen LogP contribution in [-0.4, -0.2) is 11.1 Å². The molecule has 1 rings (SSSR count). The Kier molecular flexibility index (Phi) is 4.53. The van der Waals surface area contributed by atoms with E-state index < -0.39 is 5.97 Å². The topological polar surface area (TPSA) is 37.3 Å². The number of benzene rings is 1. The Balaban J connectivity index is 2.80. The smallest absolute Gasteiger partial charge is 0.306 e. The maximum atomic E-state index is 11.0. The van der Waals surface area contributed by atoms with Crippen molar-refractivity contribution in [3.63, 3.8) is 0 Å². The SMILES string of the molecule is CCC(Cc1cccc(C(C)C)c1)C(=O)O. The van der Waals surface area contributed by atoms with E-state index in [0.29, 0.717) is 18.8 Å². The molecule has 88 valence electrons. The maximum absolute atomic E-state index is 11.0. The van der Waals surface area contributed by atoms with Gasteiger partial charge in [0.2, 0.25) is 0 Å². The summed E-state index contributed by atoms with van der Waals surface area (Å²) in [7, 11) is 0. The second-order valence-electron chi connectivity index (χ2n) is 4.55. The van der Waals surface area contributed by atoms with Gasteiger partial charge >= 0.3 is 5.97 Å². The predicted octanol–water partition coefficient (Wildman–Crippen LogP) is 3.46. The van der Waals surface area contributed by atoms with Crippen LogP contribution in [0.2, 0.25) is 0 Å². The number of carboxylic acids is 1. The highest BCUT2D eigenvalue weighted by molar-refractivity contribution is 5.70. The Morgan fingerprint density at radius 3 is 2.56 bits per heavy atom. The summed E-state index contributed by atoms with van der Waals surface area (Å²) < 4.78 is 0. The van der Waals surface area contributed by atoms with Gasteiger partial charge in [-0.25, -0.2) is 0 Å². The maximum Gasteiger partial charge on any atom is 0.306 e. The lowest BCUT2D eigenvalue weighted by molar-refractivity contribution is -0.141. The number of aliphatic carboxylic acids is 1. The second kappa shape index (κ2) is 5.69. The fraction of sp³-hybridized carbons (Fsp3) is 0.500. The summed E-state index contributed by atoms with van der Waals surface area (Å²) in [6.07, 6.45) is 1.31. The summed E-state index contributed by atoms with van der Waals surface area (Å²) in [5, 5.41) is 9.01. The molecular formula is C14H20O2. The van der Waals surface area contributed by atoms with E-state index in [-0.39, 0.29) is 5.92 Å². The van der Waals surface area contributed by atoms with E-state index >= 15 is 0 Å². The van der Waals surface area contributed by atoms with Crippen LogP contribution in [0.3, 0.4) is 0 Å². The molecule has 1 N–H and O–H groups in total. The first-order chi connectivity index (χ1) is 7.54. The van der Waals surface area contributed by atoms with E-state index in [0.717, 1.165) is 5.56 Å². The fourth-order valence-corrected chi connectivity index (χ4v) is 1.77. The summed E-state index contributed by atoms with van der Waals surface area (Å²) in [5.41, 5.74) is 2.40. The highest BCUT2D eigenvalue weighted by Crippen LogP contribution is 2.18. The van der Waals surface area contributed by atoms with E-state index in [1.165, 1.54) is 5.56 Å². The van der Waals surface area contributed by atoms with Crippen LogP contribution in [-0.2, 0) is 11.2 Å². The third-order valence-corrected chi connectivity index (χ3v) is 2.94. The van der Waals surface area contributed by atoms with Crippen molar-refractivity contribution in [2.24, 2.45) is 5.92 Å².